The molecule has 1 saturated heterocycles. The standard InChI is InChI=1S/C12H19N3/c1-10-5-6-14-12(8-10)15-7-3-2-4-11(15)9-13/h5-6,8,11H,2-4,7,9,13H2,1H3/t11-/m1/s1. The highest BCUT2D eigenvalue weighted by atomic mass is 15.2. The van der Waals surface area contributed by atoms with Crippen molar-refractivity contribution in [3.63, 3.8) is 0 Å². The Morgan fingerprint density at radius 1 is 1.53 bits per heavy atom. The van der Waals surface area contributed by atoms with Gasteiger partial charge in [-0.05, 0) is 43.9 Å². The number of nitrogens with two attached hydrogens (primary N) is 1. The van der Waals surface area contributed by atoms with Gasteiger partial charge in [0.25, 0.3) is 0 Å². The third kappa shape index (κ3) is 2.29. The van der Waals surface area contributed by atoms with E-state index >= 15 is 0 Å². The first-order chi connectivity index (χ1) is 7.31. The van der Waals surface area contributed by atoms with Gasteiger partial charge in [-0.1, -0.05) is 0 Å². The zero-order valence-electron chi connectivity index (χ0n) is 9.32. The average molecular weight is 205 g/mol. The maximum atomic E-state index is 5.80. The monoisotopic (exact) mass is 205 g/mol. The van der Waals surface area contributed by atoms with Gasteiger partial charge in [-0.15, -0.1) is 0 Å². The van der Waals surface area contributed by atoms with Crippen molar-refractivity contribution in [1.82, 2.24) is 4.98 Å². The summed E-state index contributed by atoms with van der Waals surface area (Å²) in [6.45, 7) is 3.93. The van der Waals surface area contributed by atoms with E-state index in [0.717, 1.165) is 18.9 Å². The van der Waals surface area contributed by atoms with Crippen LogP contribution in [0, 0.1) is 6.92 Å². The van der Waals surface area contributed by atoms with Crippen LogP contribution in [0.15, 0.2) is 18.3 Å². The number of anilines is 1. The van der Waals surface area contributed by atoms with Gasteiger partial charge in [-0.3, -0.25) is 0 Å². The molecule has 1 fully saturated rings. The molecule has 3 heteroatoms. The normalized spacial score (nSPS) is 21.7. The Morgan fingerprint density at radius 3 is 3.13 bits per heavy atom. The Hall–Kier alpha value is -1.09. The molecule has 0 saturated carbocycles. The third-order valence-electron chi connectivity index (χ3n) is 3.09. The van der Waals surface area contributed by atoms with Gasteiger partial charge >= 0.3 is 0 Å². The lowest BCUT2D eigenvalue weighted by Crippen LogP contribution is -2.44. The van der Waals surface area contributed by atoms with Gasteiger partial charge in [0.05, 0.1) is 0 Å². The average Bonchev–Trinajstić information content (AvgIpc) is 2.29. The molecule has 1 atom stereocenters. The van der Waals surface area contributed by atoms with Crippen molar-refractivity contribution < 1.29 is 0 Å². The fourth-order valence-corrected chi connectivity index (χ4v) is 2.22. The summed E-state index contributed by atoms with van der Waals surface area (Å²) in [5, 5.41) is 0. The van der Waals surface area contributed by atoms with Crippen molar-refractivity contribution in [3.05, 3.63) is 23.9 Å². The van der Waals surface area contributed by atoms with Crippen molar-refractivity contribution in [2.75, 3.05) is 18.0 Å². The van der Waals surface area contributed by atoms with E-state index in [-0.39, 0.29) is 0 Å². The number of aryl methyl sites for hydroxylation is 1. The molecule has 2 N–H and O–H groups in total. The Balaban J connectivity index is 2.20. The van der Waals surface area contributed by atoms with Crippen LogP contribution in [0.4, 0.5) is 5.82 Å². The van der Waals surface area contributed by atoms with Gasteiger partial charge in [0.2, 0.25) is 0 Å². The van der Waals surface area contributed by atoms with E-state index in [1.54, 1.807) is 0 Å². The van der Waals surface area contributed by atoms with Gasteiger partial charge in [0, 0.05) is 25.3 Å². The van der Waals surface area contributed by atoms with Crippen molar-refractivity contribution in [1.29, 1.82) is 0 Å². The van der Waals surface area contributed by atoms with E-state index in [1.807, 2.05) is 12.3 Å². The number of hydrogen-bond acceptors (Lipinski definition) is 3. The highest BCUT2D eigenvalue weighted by Crippen LogP contribution is 2.22. The molecule has 1 aromatic heterocycles. The van der Waals surface area contributed by atoms with E-state index in [4.69, 9.17) is 5.73 Å². The van der Waals surface area contributed by atoms with Gasteiger partial charge in [-0.25, -0.2) is 4.98 Å². The quantitative estimate of drug-likeness (QED) is 0.799. The molecule has 0 bridgehead atoms. The molecule has 82 valence electrons. The minimum Gasteiger partial charge on any atom is -0.352 e. The molecular weight excluding hydrogens is 186 g/mol. The minimum atomic E-state index is 0.480. The molecule has 15 heavy (non-hydrogen) atoms. The summed E-state index contributed by atoms with van der Waals surface area (Å²) in [6, 6.07) is 4.66. The van der Waals surface area contributed by atoms with Crippen LogP contribution in [0.25, 0.3) is 0 Å². The summed E-state index contributed by atoms with van der Waals surface area (Å²) >= 11 is 0. The lowest BCUT2D eigenvalue weighted by Gasteiger charge is -2.36. The number of nitrogens with zero attached hydrogens (tertiary/aromatic N) is 2. The van der Waals surface area contributed by atoms with E-state index in [9.17, 15) is 0 Å². The molecule has 0 unspecified atom stereocenters. The summed E-state index contributed by atoms with van der Waals surface area (Å²) in [5.74, 6) is 1.09. The Bertz CT molecular complexity index is 324. The highest BCUT2D eigenvalue weighted by Gasteiger charge is 2.21. The molecule has 1 aliphatic rings. The van der Waals surface area contributed by atoms with Crippen LogP contribution in [0.5, 0.6) is 0 Å². The fourth-order valence-electron chi connectivity index (χ4n) is 2.22. The van der Waals surface area contributed by atoms with Gasteiger partial charge < -0.3 is 10.6 Å². The maximum Gasteiger partial charge on any atom is 0.129 e. The third-order valence-corrected chi connectivity index (χ3v) is 3.09. The van der Waals surface area contributed by atoms with Crippen LogP contribution in [-0.2, 0) is 0 Å². The van der Waals surface area contributed by atoms with Gasteiger partial charge in [0.1, 0.15) is 5.82 Å². The summed E-state index contributed by atoms with van der Waals surface area (Å²) in [4.78, 5) is 6.79. The zero-order valence-corrected chi connectivity index (χ0v) is 9.32. The van der Waals surface area contributed by atoms with Crippen molar-refractivity contribution in [3.8, 4) is 0 Å². The molecule has 3 nitrogen and oxygen atoms in total. The van der Waals surface area contributed by atoms with Crippen LogP contribution in [0.2, 0.25) is 0 Å². The summed E-state index contributed by atoms with van der Waals surface area (Å²) in [7, 11) is 0. The maximum absolute atomic E-state index is 5.80. The first kappa shape index (κ1) is 10.4. The number of piperidine rings is 1. The predicted octanol–water partition coefficient (Wildman–Crippen LogP) is 1.71. The van der Waals surface area contributed by atoms with E-state index < -0.39 is 0 Å². The van der Waals surface area contributed by atoms with Crippen LogP contribution >= 0.6 is 0 Å². The number of pyridine rings is 1. The van der Waals surface area contributed by atoms with Crippen molar-refractivity contribution in [2.45, 2.75) is 32.2 Å². The second-order valence-corrected chi connectivity index (χ2v) is 4.27. The molecule has 0 aliphatic carbocycles. The fraction of sp³-hybridized carbons (Fsp3) is 0.583. The zero-order chi connectivity index (χ0) is 10.7. The Labute approximate surface area is 91.3 Å². The second-order valence-electron chi connectivity index (χ2n) is 4.27. The second kappa shape index (κ2) is 4.62. The molecule has 2 heterocycles. The smallest absolute Gasteiger partial charge is 0.129 e. The van der Waals surface area contributed by atoms with Crippen LogP contribution in [0.3, 0.4) is 0 Å². The Kier molecular flexibility index (Phi) is 3.21. The van der Waals surface area contributed by atoms with Crippen LogP contribution in [-0.4, -0.2) is 24.1 Å². The first-order valence-electron chi connectivity index (χ1n) is 5.70. The summed E-state index contributed by atoms with van der Waals surface area (Å²) in [6.07, 6.45) is 5.63. The first-order valence-corrected chi connectivity index (χ1v) is 5.70. The van der Waals surface area contributed by atoms with E-state index in [1.165, 1.54) is 24.8 Å². The Morgan fingerprint density at radius 2 is 2.40 bits per heavy atom. The molecule has 2 rings (SSSR count). The number of rotatable bonds is 2. The highest BCUT2D eigenvalue weighted by molar-refractivity contribution is 5.42. The lowest BCUT2D eigenvalue weighted by molar-refractivity contribution is 0.462. The number of aromatic nitrogens is 1. The molecule has 0 amide bonds. The van der Waals surface area contributed by atoms with Crippen LogP contribution < -0.4 is 10.6 Å². The number of hydrogen-bond donors (Lipinski definition) is 1. The van der Waals surface area contributed by atoms with Gasteiger partial charge in [-0.2, -0.15) is 0 Å². The van der Waals surface area contributed by atoms with E-state index in [2.05, 4.69) is 22.9 Å². The van der Waals surface area contributed by atoms with Crippen molar-refractivity contribution >= 4 is 5.82 Å². The molecule has 0 aromatic carbocycles. The van der Waals surface area contributed by atoms with E-state index in [0.29, 0.717) is 6.04 Å². The predicted molar refractivity (Wildman–Crippen MR) is 63.0 cm³/mol. The topological polar surface area (TPSA) is 42.2 Å². The summed E-state index contributed by atoms with van der Waals surface area (Å²) < 4.78 is 0. The lowest BCUT2D eigenvalue weighted by atomic mass is 10.0. The molecule has 1 aromatic rings. The summed E-state index contributed by atoms with van der Waals surface area (Å²) in [5.41, 5.74) is 7.06. The molecule has 0 radical (unpaired) electrons. The molecule has 1 aliphatic heterocycles. The molecular formula is C12H19N3. The minimum absolute atomic E-state index is 0.480. The largest absolute Gasteiger partial charge is 0.352 e. The van der Waals surface area contributed by atoms with Gasteiger partial charge in [0.15, 0.2) is 0 Å². The molecule has 0 spiro atoms. The SMILES string of the molecule is Cc1ccnc(N2CCCC[C@@H]2CN)c1. The van der Waals surface area contributed by atoms with Crippen molar-refractivity contribution in [2.24, 2.45) is 5.73 Å². The van der Waals surface area contributed by atoms with Crippen LogP contribution in [0.1, 0.15) is 24.8 Å².